The molecule has 0 amide bonds. The first kappa shape index (κ1) is 38.3. The van der Waals surface area contributed by atoms with Gasteiger partial charge in [0.1, 0.15) is 24.2 Å². The van der Waals surface area contributed by atoms with Crippen molar-refractivity contribution in [3.63, 3.8) is 0 Å². The molecule has 3 aliphatic carbocycles. The molecule has 4 aromatic carbocycles. The molecule has 3 saturated carbocycles. The van der Waals surface area contributed by atoms with Crippen molar-refractivity contribution >= 4 is 0 Å². The zero-order chi connectivity index (χ0) is 37.8. The van der Waals surface area contributed by atoms with Crippen molar-refractivity contribution in [2.24, 2.45) is 41.4 Å². The van der Waals surface area contributed by atoms with Crippen LogP contribution in [0.1, 0.15) is 156 Å². The Balaban J connectivity index is 0.929. The summed E-state index contributed by atoms with van der Waals surface area (Å²) >= 11 is 0. The smallest absolute Gasteiger partial charge is 0.114 e. The number of benzene rings is 4. The third-order valence-corrected chi connectivity index (χ3v) is 17.0. The lowest BCUT2D eigenvalue weighted by Gasteiger charge is -2.51. The fourth-order valence-corrected chi connectivity index (χ4v) is 13.8. The molecule has 2 heteroatoms. The van der Waals surface area contributed by atoms with E-state index in [2.05, 4.69) is 135 Å². The van der Waals surface area contributed by atoms with E-state index in [1.807, 2.05) is 4.90 Å². The van der Waals surface area contributed by atoms with Gasteiger partial charge in [-0.05, 0) is 106 Å². The van der Waals surface area contributed by atoms with E-state index in [0.717, 1.165) is 47.5 Å². The Morgan fingerprint density at radius 1 is 0.339 bits per heavy atom. The van der Waals surface area contributed by atoms with E-state index in [1.165, 1.54) is 114 Å². The minimum absolute atomic E-state index is 0.574. The van der Waals surface area contributed by atoms with Gasteiger partial charge in [0.2, 0.25) is 0 Å². The van der Waals surface area contributed by atoms with Gasteiger partial charge in [0.05, 0.1) is 13.1 Å². The lowest BCUT2D eigenvalue weighted by molar-refractivity contribution is -0.993. The fraction of sp³-hybridized carbons (Fsp3) is 0.556. The van der Waals surface area contributed by atoms with Crippen LogP contribution in [0.3, 0.4) is 0 Å². The van der Waals surface area contributed by atoms with Gasteiger partial charge in [-0.3, -0.25) is 0 Å². The second-order valence-electron chi connectivity index (χ2n) is 19.9. The van der Waals surface area contributed by atoms with E-state index in [4.69, 9.17) is 0 Å². The van der Waals surface area contributed by atoms with Gasteiger partial charge < -0.3 is 9.80 Å². The Bertz CT molecular complexity index is 1650. The first-order valence-electron chi connectivity index (χ1n) is 23.5. The zero-order valence-electron chi connectivity index (χ0n) is 34.8. The van der Waals surface area contributed by atoms with Gasteiger partial charge in [-0.25, -0.2) is 0 Å². The van der Waals surface area contributed by atoms with Crippen LogP contribution in [0.4, 0.5) is 0 Å². The predicted octanol–water partition coefficient (Wildman–Crippen LogP) is 11.4. The Morgan fingerprint density at radius 3 is 1.00 bits per heavy atom. The average Bonchev–Trinajstić information content (AvgIpc) is 3.28. The maximum atomic E-state index is 2.50. The lowest BCUT2D eigenvalue weighted by atomic mass is 9.64. The van der Waals surface area contributed by atoms with Crippen LogP contribution in [0, 0.1) is 41.4 Å². The largest absolute Gasteiger partial charge is 0.325 e. The van der Waals surface area contributed by atoms with Crippen molar-refractivity contribution in [3.05, 3.63) is 144 Å². The Morgan fingerprint density at radius 2 is 0.625 bits per heavy atom. The van der Waals surface area contributed by atoms with Crippen LogP contribution >= 0.6 is 0 Å². The summed E-state index contributed by atoms with van der Waals surface area (Å²) in [6, 6.07) is 49.9. The molecule has 296 valence electrons. The van der Waals surface area contributed by atoms with Crippen LogP contribution < -0.4 is 9.80 Å². The van der Waals surface area contributed by atoms with Gasteiger partial charge in [0.25, 0.3) is 0 Å². The molecule has 0 bridgehead atoms. The van der Waals surface area contributed by atoms with Crippen LogP contribution in [0.2, 0.25) is 0 Å². The summed E-state index contributed by atoms with van der Waals surface area (Å²) in [5.74, 6) is 6.28. The highest BCUT2D eigenvalue weighted by atomic mass is 15.2. The molecule has 2 nitrogen and oxygen atoms in total. The first-order chi connectivity index (χ1) is 27.6. The highest BCUT2D eigenvalue weighted by Crippen LogP contribution is 2.48. The summed E-state index contributed by atoms with van der Waals surface area (Å²) in [5.41, 5.74) is 6.29. The van der Waals surface area contributed by atoms with E-state index in [9.17, 15) is 0 Å². The molecule has 5 fully saturated rings. The molecule has 2 N–H and O–H groups in total. The Labute approximate surface area is 340 Å². The molecule has 2 saturated heterocycles. The van der Waals surface area contributed by atoms with Crippen molar-refractivity contribution < 1.29 is 9.80 Å². The zero-order valence-corrected chi connectivity index (χ0v) is 34.8. The number of hydrogen-bond acceptors (Lipinski definition) is 0. The van der Waals surface area contributed by atoms with Crippen LogP contribution in [-0.2, 0) is 0 Å². The van der Waals surface area contributed by atoms with Crippen LogP contribution in [0.15, 0.2) is 121 Å². The molecule has 4 atom stereocenters. The summed E-state index contributed by atoms with van der Waals surface area (Å²) < 4.78 is 0. The Hall–Kier alpha value is -3.20. The van der Waals surface area contributed by atoms with E-state index >= 15 is 0 Å². The van der Waals surface area contributed by atoms with Crippen LogP contribution in [-0.4, -0.2) is 13.1 Å². The van der Waals surface area contributed by atoms with Crippen molar-refractivity contribution in [1.29, 1.82) is 0 Å². The van der Waals surface area contributed by atoms with E-state index in [1.54, 1.807) is 16.0 Å². The molecule has 0 spiro atoms. The number of nitrogens with one attached hydrogen (secondary N) is 2. The topological polar surface area (TPSA) is 8.88 Å². The van der Waals surface area contributed by atoms with Crippen LogP contribution in [0.25, 0.3) is 0 Å². The van der Waals surface area contributed by atoms with Gasteiger partial charge >= 0.3 is 0 Å². The monoisotopic (exact) mass is 749 g/mol. The van der Waals surface area contributed by atoms with E-state index < -0.39 is 0 Å². The molecular weight excluding hydrogens is 677 g/mol. The molecule has 2 aliphatic heterocycles. The fourth-order valence-electron chi connectivity index (χ4n) is 13.8. The SMILES string of the molecule is CC1CCC(C2CCC([NH+]3C(c4ccccc4)CC(C4CCC(C5CC(c6ccccc6)[NH+](C)C(c6ccccc6)C5)CC4)CC3c3ccccc3)CC2)CC1. The highest BCUT2D eigenvalue weighted by Gasteiger charge is 2.49. The quantitative estimate of drug-likeness (QED) is 0.178. The van der Waals surface area contributed by atoms with Crippen molar-refractivity contribution in [3.8, 4) is 0 Å². The predicted molar refractivity (Wildman–Crippen MR) is 232 cm³/mol. The number of quaternary nitrogens is 2. The molecule has 4 unspecified atom stereocenters. The second-order valence-corrected chi connectivity index (χ2v) is 19.9. The standard InChI is InChI=1S/C54H70N2/c1-39-23-25-40(26-24-39)41-31-33-50(34-32-41)56-53(46-19-11-5-12-20-46)37-49(38-54(56)47-21-13-6-14-22-47)43-29-27-42(28-30-43)48-35-51(44-15-7-3-8-16-44)55(2)52(36-48)45-17-9-4-10-18-45/h3-22,39-43,48-54H,23-38H2,1-2H3/p+2. The number of hydrogen-bond donors (Lipinski definition) is 2. The number of likely N-dealkylation sites (tertiary alicyclic amines) is 2. The molecule has 9 rings (SSSR count). The summed E-state index contributed by atoms with van der Waals surface area (Å²) in [7, 11) is 2.48. The van der Waals surface area contributed by atoms with Crippen molar-refractivity contribution in [2.75, 3.05) is 7.05 Å². The average molecular weight is 749 g/mol. The number of rotatable bonds is 8. The summed E-state index contributed by atoms with van der Waals surface area (Å²) in [5, 5.41) is 0. The van der Waals surface area contributed by atoms with Gasteiger partial charge in [-0.2, -0.15) is 0 Å². The summed E-state index contributed by atoms with van der Waals surface area (Å²) in [6.07, 6.45) is 22.9. The normalized spacial score (nSPS) is 38.1. The molecule has 5 aliphatic rings. The maximum Gasteiger partial charge on any atom is 0.114 e. The minimum Gasteiger partial charge on any atom is -0.325 e. The molecular formula is C54H72N2+2. The molecule has 56 heavy (non-hydrogen) atoms. The third-order valence-electron chi connectivity index (χ3n) is 17.0. The van der Waals surface area contributed by atoms with Gasteiger partial charge in [-0.15, -0.1) is 0 Å². The van der Waals surface area contributed by atoms with Gasteiger partial charge in [-0.1, -0.05) is 141 Å². The maximum absolute atomic E-state index is 2.50. The summed E-state index contributed by atoms with van der Waals surface area (Å²) in [4.78, 5) is 3.63. The van der Waals surface area contributed by atoms with Gasteiger partial charge in [0, 0.05) is 47.9 Å². The highest BCUT2D eigenvalue weighted by molar-refractivity contribution is 5.23. The van der Waals surface area contributed by atoms with E-state index in [-0.39, 0.29) is 0 Å². The third kappa shape index (κ3) is 8.35. The molecule has 0 radical (unpaired) electrons. The Kier molecular flexibility index (Phi) is 12.1. The molecule has 4 aromatic rings. The van der Waals surface area contributed by atoms with E-state index in [0.29, 0.717) is 24.2 Å². The second kappa shape index (κ2) is 17.7. The van der Waals surface area contributed by atoms with Crippen LogP contribution in [0.5, 0.6) is 0 Å². The molecule has 2 heterocycles. The minimum atomic E-state index is 0.574. The van der Waals surface area contributed by atoms with Gasteiger partial charge in [0.15, 0.2) is 0 Å². The lowest BCUT2D eigenvalue weighted by Crippen LogP contribution is -3.17. The van der Waals surface area contributed by atoms with Crippen molar-refractivity contribution in [1.82, 2.24) is 0 Å². The first-order valence-corrected chi connectivity index (χ1v) is 23.5. The molecule has 0 aromatic heterocycles. The van der Waals surface area contributed by atoms with Crippen molar-refractivity contribution in [2.45, 2.75) is 140 Å². The summed E-state index contributed by atoms with van der Waals surface area (Å²) in [6.45, 7) is 2.48. The number of piperidine rings is 2.